The van der Waals surface area contributed by atoms with Gasteiger partial charge < -0.3 is 4.90 Å². The van der Waals surface area contributed by atoms with E-state index in [-0.39, 0.29) is 5.92 Å². The summed E-state index contributed by atoms with van der Waals surface area (Å²) in [5, 5.41) is 0. The molecule has 56 heavy (non-hydrogen) atoms. The minimum absolute atomic E-state index is 0.264. The molecule has 9 aromatic rings. The summed E-state index contributed by atoms with van der Waals surface area (Å²) in [6, 6.07) is 83.6. The van der Waals surface area contributed by atoms with Gasteiger partial charge in [0, 0.05) is 23.0 Å². The predicted molar refractivity (Wildman–Crippen MR) is 236 cm³/mol. The van der Waals surface area contributed by atoms with E-state index in [1.54, 1.807) is 0 Å². The Morgan fingerprint density at radius 3 is 0.857 bits per heavy atom. The molecule has 0 N–H and O–H groups in total. The molecule has 0 radical (unpaired) electrons. The third kappa shape index (κ3) is 6.30. The summed E-state index contributed by atoms with van der Waals surface area (Å²) < 4.78 is 0. The van der Waals surface area contributed by atoms with E-state index in [1.165, 1.54) is 72.3 Å². The van der Waals surface area contributed by atoms with Gasteiger partial charge in [-0.2, -0.15) is 0 Å². The topological polar surface area (TPSA) is 3.24 Å². The van der Waals surface area contributed by atoms with E-state index in [0.717, 1.165) is 17.1 Å². The Hall–Kier alpha value is -7.22. The van der Waals surface area contributed by atoms with Gasteiger partial charge in [-0.05, 0) is 109 Å². The van der Waals surface area contributed by atoms with Crippen LogP contribution < -0.4 is 4.90 Å². The van der Waals surface area contributed by atoms with Gasteiger partial charge in [-0.3, -0.25) is 0 Å². The van der Waals surface area contributed by atoms with Gasteiger partial charge in [-0.25, -0.2) is 0 Å². The van der Waals surface area contributed by atoms with Crippen molar-refractivity contribution in [2.45, 2.75) is 5.92 Å². The second-order valence-corrected chi connectivity index (χ2v) is 14.5. The van der Waals surface area contributed by atoms with E-state index < -0.39 is 0 Å². The standard InChI is InChI=1S/C55H39N/c1-3-11-39(12-4-1)44-27-33-48(34-28-44)56(49-35-29-45(30-36-49)40-13-5-2-6-14-40)50-37-31-46(32-38-50)42-21-19-41(20-22-42)43-23-25-47(26-24-43)55-53-17-9-7-15-51(53)52-16-8-10-18-54(52)55/h1-38,55H. The lowest BCUT2D eigenvalue weighted by molar-refractivity contribution is 1.02. The molecule has 1 nitrogen and oxygen atoms in total. The van der Waals surface area contributed by atoms with Crippen LogP contribution in [0.2, 0.25) is 0 Å². The van der Waals surface area contributed by atoms with Crippen molar-refractivity contribution in [3.63, 3.8) is 0 Å². The molecule has 0 saturated carbocycles. The lowest BCUT2D eigenvalue weighted by Crippen LogP contribution is -2.09. The fourth-order valence-electron chi connectivity index (χ4n) is 8.36. The maximum atomic E-state index is 2.34. The fraction of sp³-hybridized carbons (Fsp3) is 0.0182. The Morgan fingerprint density at radius 1 is 0.232 bits per heavy atom. The van der Waals surface area contributed by atoms with Crippen LogP contribution in [0.15, 0.2) is 231 Å². The first kappa shape index (κ1) is 33.4. The third-order valence-electron chi connectivity index (χ3n) is 11.2. The molecule has 264 valence electrons. The lowest BCUT2D eigenvalue weighted by atomic mass is 9.88. The Kier molecular flexibility index (Phi) is 8.67. The summed E-state index contributed by atoms with van der Waals surface area (Å²) in [7, 11) is 0. The van der Waals surface area contributed by atoms with Crippen molar-refractivity contribution in [1.82, 2.24) is 0 Å². The van der Waals surface area contributed by atoms with Crippen LogP contribution in [0.1, 0.15) is 22.6 Å². The Balaban J connectivity index is 0.914. The number of hydrogen-bond acceptors (Lipinski definition) is 1. The molecule has 10 rings (SSSR count). The predicted octanol–water partition coefficient (Wildman–Crippen LogP) is 15.0. The molecular formula is C55H39N. The van der Waals surface area contributed by atoms with E-state index in [1.807, 2.05) is 0 Å². The summed E-state index contributed by atoms with van der Waals surface area (Å²) in [6.07, 6.45) is 0. The number of anilines is 3. The van der Waals surface area contributed by atoms with Crippen LogP contribution in [0.25, 0.3) is 55.6 Å². The summed E-state index contributed by atoms with van der Waals surface area (Å²) in [4.78, 5) is 2.34. The molecule has 0 bridgehead atoms. The fourth-order valence-corrected chi connectivity index (χ4v) is 8.36. The van der Waals surface area contributed by atoms with Crippen LogP contribution in [-0.2, 0) is 0 Å². The minimum atomic E-state index is 0.264. The van der Waals surface area contributed by atoms with Crippen molar-refractivity contribution in [1.29, 1.82) is 0 Å². The summed E-state index contributed by atoms with van der Waals surface area (Å²) in [6.45, 7) is 0. The van der Waals surface area contributed by atoms with Crippen molar-refractivity contribution in [2.24, 2.45) is 0 Å². The van der Waals surface area contributed by atoms with Crippen LogP contribution in [0.4, 0.5) is 17.1 Å². The first-order valence-corrected chi connectivity index (χ1v) is 19.4. The molecule has 1 heteroatoms. The summed E-state index contributed by atoms with van der Waals surface area (Å²) in [5.41, 5.74) is 19.8. The van der Waals surface area contributed by atoms with Gasteiger partial charge in [-0.1, -0.05) is 194 Å². The van der Waals surface area contributed by atoms with Crippen LogP contribution in [0, 0.1) is 0 Å². The highest BCUT2D eigenvalue weighted by Crippen LogP contribution is 2.48. The maximum absolute atomic E-state index is 2.34. The highest BCUT2D eigenvalue weighted by atomic mass is 15.1. The maximum Gasteiger partial charge on any atom is 0.0462 e. The molecule has 0 amide bonds. The average molecular weight is 714 g/mol. The minimum Gasteiger partial charge on any atom is -0.311 e. The van der Waals surface area contributed by atoms with E-state index in [0.29, 0.717) is 0 Å². The molecule has 0 heterocycles. The molecule has 1 aliphatic carbocycles. The van der Waals surface area contributed by atoms with Gasteiger partial charge in [-0.15, -0.1) is 0 Å². The zero-order valence-electron chi connectivity index (χ0n) is 31.0. The Labute approximate surface area is 329 Å². The second kappa shape index (κ2) is 14.5. The van der Waals surface area contributed by atoms with Crippen molar-refractivity contribution in [3.8, 4) is 55.6 Å². The van der Waals surface area contributed by atoms with Gasteiger partial charge in [0.1, 0.15) is 0 Å². The van der Waals surface area contributed by atoms with E-state index in [4.69, 9.17) is 0 Å². The molecule has 1 aliphatic rings. The average Bonchev–Trinajstić information content (AvgIpc) is 3.62. The number of benzene rings is 9. The first-order valence-electron chi connectivity index (χ1n) is 19.4. The number of fused-ring (bicyclic) bond motifs is 3. The lowest BCUT2D eigenvalue weighted by Gasteiger charge is -2.26. The third-order valence-corrected chi connectivity index (χ3v) is 11.2. The molecule has 0 aromatic heterocycles. The smallest absolute Gasteiger partial charge is 0.0462 e. The van der Waals surface area contributed by atoms with Crippen LogP contribution >= 0.6 is 0 Å². The van der Waals surface area contributed by atoms with Crippen LogP contribution in [0.3, 0.4) is 0 Å². The molecular weight excluding hydrogens is 675 g/mol. The number of rotatable bonds is 8. The molecule has 0 fully saturated rings. The van der Waals surface area contributed by atoms with Crippen LogP contribution in [-0.4, -0.2) is 0 Å². The molecule has 0 saturated heterocycles. The van der Waals surface area contributed by atoms with Crippen molar-refractivity contribution in [2.75, 3.05) is 4.90 Å². The van der Waals surface area contributed by atoms with Gasteiger partial charge >= 0.3 is 0 Å². The first-order chi connectivity index (χ1) is 27.8. The van der Waals surface area contributed by atoms with Crippen molar-refractivity contribution in [3.05, 3.63) is 247 Å². The monoisotopic (exact) mass is 713 g/mol. The van der Waals surface area contributed by atoms with Gasteiger partial charge in [0.25, 0.3) is 0 Å². The van der Waals surface area contributed by atoms with Gasteiger partial charge in [0.15, 0.2) is 0 Å². The Bertz CT molecular complexity index is 2600. The normalized spacial score (nSPS) is 11.9. The van der Waals surface area contributed by atoms with E-state index >= 15 is 0 Å². The highest BCUT2D eigenvalue weighted by Gasteiger charge is 2.29. The van der Waals surface area contributed by atoms with Crippen LogP contribution in [0.5, 0.6) is 0 Å². The van der Waals surface area contributed by atoms with E-state index in [9.17, 15) is 0 Å². The zero-order chi connectivity index (χ0) is 37.3. The largest absolute Gasteiger partial charge is 0.311 e. The number of hydrogen-bond donors (Lipinski definition) is 0. The molecule has 0 aliphatic heterocycles. The zero-order valence-corrected chi connectivity index (χ0v) is 31.0. The highest BCUT2D eigenvalue weighted by molar-refractivity contribution is 5.83. The molecule has 0 unspecified atom stereocenters. The van der Waals surface area contributed by atoms with Crippen molar-refractivity contribution < 1.29 is 0 Å². The molecule has 9 aromatic carbocycles. The van der Waals surface area contributed by atoms with Crippen molar-refractivity contribution >= 4 is 17.1 Å². The quantitative estimate of drug-likeness (QED) is 0.152. The van der Waals surface area contributed by atoms with E-state index in [2.05, 4.69) is 235 Å². The number of nitrogens with zero attached hydrogens (tertiary/aromatic N) is 1. The molecule has 0 spiro atoms. The summed E-state index contributed by atoms with van der Waals surface area (Å²) >= 11 is 0. The SMILES string of the molecule is c1ccc(-c2ccc(N(c3ccc(-c4ccccc4)cc3)c3ccc(-c4ccc(-c5ccc(C6c7ccccc7-c7ccccc76)cc5)cc4)cc3)cc2)cc1. The van der Waals surface area contributed by atoms with Gasteiger partial charge in [0.05, 0.1) is 0 Å². The van der Waals surface area contributed by atoms with Gasteiger partial charge in [0.2, 0.25) is 0 Å². The molecule has 0 atom stereocenters. The Morgan fingerprint density at radius 2 is 0.500 bits per heavy atom. The second-order valence-electron chi connectivity index (χ2n) is 14.5. The summed E-state index contributed by atoms with van der Waals surface area (Å²) in [5.74, 6) is 0.264.